The molecule has 5 rings (SSSR count). The third-order valence-electron chi connectivity index (χ3n) is 8.27. The van der Waals surface area contributed by atoms with E-state index in [0.29, 0.717) is 23.4 Å². The van der Waals surface area contributed by atoms with Crippen LogP contribution in [0.1, 0.15) is 51.2 Å². The Morgan fingerprint density at radius 2 is 1.26 bits per heavy atom. The van der Waals surface area contributed by atoms with Gasteiger partial charge in [-0.05, 0) is 63.6 Å². The molecule has 2 aromatic carbocycles. The Morgan fingerprint density at radius 3 is 1.71 bits per heavy atom. The number of halogens is 2. The van der Waals surface area contributed by atoms with Crippen molar-refractivity contribution >= 4 is 37.2 Å². The summed E-state index contributed by atoms with van der Waals surface area (Å²) in [5, 5.41) is 2.95. The Bertz CT molecular complexity index is 1030. The standard InChI is InChI=1S/C31H41N2Si.CH3.2ClH.Ti/c1-23-12-16-25(17-13-23)34(32-31(3,4)5,26-18-14-24(2)15-19-26)30-22-29(33-20-8-9-21-33)27-10-6-7-11-28(27)30;;;;/h6-7,10-19,27-30H,8-9,20-22H2,1-5H3;1H3;2*1H;/q2*-1;;;+2/p-2. The predicted molar refractivity (Wildman–Crippen MR) is 167 cm³/mol. The van der Waals surface area contributed by atoms with Crippen molar-refractivity contribution in [2.24, 2.45) is 11.8 Å². The first-order valence-electron chi connectivity index (χ1n) is 13.6. The summed E-state index contributed by atoms with van der Waals surface area (Å²) in [5.41, 5.74) is 3.10. The summed E-state index contributed by atoms with van der Waals surface area (Å²) in [6.07, 6.45) is 13.6. The van der Waals surface area contributed by atoms with Gasteiger partial charge in [-0.3, -0.25) is 4.90 Å². The van der Waals surface area contributed by atoms with E-state index in [1.165, 1.54) is 53.9 Å². The number of benzene rings is 2. The van der Waals surface area contributed by atoms with E-state index in [0.717, 1.165) is 0 Å². The Kier molecular flexibility index (Phi) is 11.6. The molecule has 206 valence electrons. The van der Waals surface area contributed by atoms with E-state index in [4.69, 9.17) is 23.6 Å². The van der Waals surface area contributed by atoms with Gasteiger partial charge < -0.3 is 12.4 Å². The molecule has 2 fully saturated rings. The van der Waals surface area contributed by atoms with Gasteiger partial charge in [0.1, 0.15) is 0 Å². The molecule has 2 aliphatic carbocycles. The Balaban J connectivity index is 0.000000956. The van der Waals surface area contributed by atoms with Crippen molar-refractivity contribution in [1.82, 2.24) is 4.90 Å². The molecule has 0 N–H and O–H groups in total. The van der Waals surface area contributed by atoms with Crippen LogP contribution in [0.3, 0.4) is 0 Å². The van der Waals surface area contributed by atoms with Crippen LogP contribution in [0.15, 0.2) is 72.8 Å². The first kappa shape index (κ1) is 31.9. The van der Waals surface area contributed by atoms with Gasteiger partial charge in [0.05, 0.1) is 0 Å². The fourth-order valence-corrected chi connectivity index (χ4v) is 12.4. The third kappa shape index (κ3) is 6.97. The molecule has 1 heterocycles. The molecule has 1 aliphatic heterocycles. The average Bonchev–Trinajstić information content (AvgIpc) is 3.52. The maximum atomic E-state index is 5.94. The van der Waals surface area contributed by atoms with Crippen molar-refractivity contribution in [1.29, 1.82) is 0 Å². The van der Waals surface area contributed by atoms with Crippen LogP contribution in [0, 0.1) is 33.1 Å². The SMILES string of the molecule is Cc1ccc([Si]([N-]C(C)(C)C)(c2ccc(C)cc2)C2CC(N3CCCC3)C3C=CC=CC32)cc1.[CH3-].[Cl][Ti][Cl]. The number of hydrogen-bond acceptors (Lipinski definition) is 1. The van der Waals surface area contributed by atoms with E-state index in [-0.39, 0.29) is 13.0 Å². The summed E-state index contributed by atoms with van der Waals surface area (Å²) in [7, 11) is 7.29. The molecule has 2 aromatic rings. The molecule has 0 spiro atoms. The van der Waals surface area contributed by atoms with E-state index in [9.17, 15) is 0 Å². The third-order valence-corrected chi connectivity index (χ3v) is 13.4. The normalized spacial score (nSPS) is 24.8. The molecule has 0 amide bonds. The molecule has 4 unspecified atom stereocenters. The molecule has 0 radical (unpaired) electrons. The molecular weight excluding hydrogens is 559 g/mol. The van der Waals surface area contributed by atoms with Gasteiger partial charge >= 0.3 is 35.6 Å². The molecule has 1 saturated heterocycles. The van der Waals surface area contributed by atoms with E-state index in [2.05, 4.69) is 112 Å². The van der Waals surface area contributed by atoms with Crippen molar-refractivity contribution in [3.63, 3.8) is 0 Å². The Morgan fingerprint density at radius 1 is 0.816 bits per heavy atom. The first-order valence-corrected chi connectivity index (χ1v) is 20.0. The van der Waals surface area contributed by atoms with Gasteiger partial charge in [0.25, 0.3) is 0 Å². The summed E-state index contributed by atoms with van der Waals surface area (Å²) >= 11 is -0.556. The topological polar surface area (TPSA) is 17.3 Å². The van der Waals surface area contributed by atoms with Crippen LogP contribution in [0.4, 0.5) is 0 Å². The van der Waals surface area contributed by atoms with Crippen LogP contribution < -0.4 is 10.4 Å². The van der Waals surface area contributed by atoms with Gasteiger partial charge in [-0.25, -0.2) is 0 Å². The summed E-state index contributed by atoms with van der Waals surface area (Å²) in [5.74, 6) is 1.15. The molecule has 1 saturated carbocycles. The maximum absolute atomic E-state index is 5.94. The molecule has 38 heavy (non-hydrogen) atoms. The number of allylic oxidation sites excluding steroid dienone is 3. The summed E-state index contributed by atoms with van der Waals surface area (Å²) < 4.78 is 0. The number of aryl methyl sites for hydroxylation is 2. The van der Waals surface area contributed by atoms with Gasteiger partial charge in [0.15, 0.2) is 0 Å². The number of likely N-dealkylation sites (tertiary alicyclic amines) is 1. The van der Waals surface area contributed by atoms with Crippen LogP contribution in [0.25, 0.3) is 4.98 Å². The number of hydrogen-bond donors (Lipinski definition) is 0. The van der Waals surface area contributed by atoms with E-state index >= 15 is 0 Å². The van der Waals surface area contributed by atoms with Gasteiger partial charge in [0, 0.05) is 14.3 Å². The Hall–Kier alpha value is -0.649. The quantitative estimate of drug-likeness (QED) is 0.251. The second-order valence-corrected chi connectivity index (χ2v) is 18.2. The average molecular weight is 604 g/mol. The van der Waals surface area contributed by atoms with Crippen LogP contribution in [-0.2, 0) is 17.0 Å². The summed E-state index contributed by atoms with van der Waals surface area (Å²) in [6.45, 7) is 13.8. The molecular formula is C32H44Cl2N2SiTi-2. The van der Waals surface area contributed by atoms with Crippen LogP contribution >= 0.6 is 18.6 Å². The number of fused-ring (bicyclic) bond motifs is 1. The van der Waals surface area contributed by atoms with Gasteiger partial charge in [-0.1, -0.05) is 115 Å². The van der Waals surface area contributed by atoms with Crippen molar-refractivity contribution in [3.05, 3.63) is 96.4 Å². The van der Waals surface area contributed by atoms with Crippen LogP contribution in [-0.4, -0.2) is 37.8 Å². The van der Waals surface area contributed by atoms with E-state index in [1.54, 1.807) is 0 Å². The molecule has 4 atom stereocenters. The minimum absolute atomic E-state index is 0. The summed E-state index contributed by atoms with van der Waals surface area (Å²) in [6, 6.07) is 19.5. The molecule has 6 heteroatoms. The van der Waals surface area contributed by atoms with E-state index < -0.39 is 25.3 Å². The van der Waals surface area contributed by atoms with Crippen LogP contribution in [0.5, 0.6) is 0 Å². The number of rotatable bonds is 5. The van der Waals surface area contributed by atoms with Gasteiger partial charge in [0.2, 0.25) is 0 Å². The van der Waals surface area contributed by atoms with Crippen LogP contribution in [0.2, 0.25) is 5.54 Å². The fourth-order valence-electron chi connectivity index (χ4n) is 6.87. The minimum atomic E-state index is -2.48. The van der Waals surface area contributed by atoms with Gasteiger partial charge in [-0.15, -0.1) is 5.54 Å². The zero-order valence-corrected chi connectivity index (χ0v) is 28.0. The molecule has 3 aliphatic rings. The fraction of sp³-hybridized carbons (Fsp3) is 0.469. The Labute approximate surface area is 250 Å². The second kappa shape index (κ2) is 13.8. The zero-order valence-electron chi connectivity index (χ0n) is 23.9. The van der Waals surface area contributed by atoms with E-state index in [1.807, 2.05) is 0 Å². The predicted octanol–water partition coefficient (Wildman–Crippen LogP) is 7.96. The first-order chi connectivity index (χ1) is 17.7. The van der Waals surface area contributed by atoms with Crippen molar-refractivity contribution < 1.29 is 17.0 Å². The summed E-state index contributed by atoms with van der Waals surface area (Å²) in [4.78, 5) is 8.74. The van der Waals surface area contributed by atoms with Crippen molar-refractivity contribution in [2.75, 3.05) is 13.1 Å². The van der Waals surface area contributed by atoms with Crippen molar-refractivity contribution in [3.8, 4) is 0 Å². The molecule has 0 bridgehead atoms. The van der Waals surface area contributed by atoms with Gasteiger partial charge in [-0.2, -0.15) is 0 Å². The zero-order chi connectivity index (χ0) is 26.6. The molecule has 0 aromatic heterocycles. The second-order valence-electron chi connectivity index (χ2n) is 11.9. The molecule has 2 nitrogen and oxygen atoms in total. The van der Waals surface area contributed by atoms with Crippen molar-refractivity contribution in [2.45, 2.75) is 71.0 Å². The number of nitrogens with zero attached hydrogens (tertiary/aromatic N) is 2. The monoisotopic (exact) mass is 602 g/mol.